The fourth-order valence-corrected chi connectivity index (χ4v) is 12.6. The van der Waals surface area contributed by atoms with Crippen LogP contribution in [0.25, 0.3) is 0 Å². The van der Waals surface area contributed by atoms with Crippen LogP contribution in [0.2, 0.25) is 0 Å². The number of aromatic hydroxyl groups is 1. The largest absolute Gasteiger partial charge is 0.508 e. The highest BCUT2D eigenvalue weighted by Crippen LogP contribution is 2.13. The molecule has 37 nitrogen and oxygen atoms in total. The third-order valence-electron chi connectivity index (χ3n) is 20.0. The van der Waals surface area contributed by atoms with Gasteiger partial charge in [-0.05, 0) is 290 Å². The van der Waals surface area contributed by atoms with Crippen LogP contribution in [0.1, 0.15) is 193 Å². The number of thioether (sulfide) groups is 1. The summed E-state index contributed by atoms with van der Waals surface area (Å²) in [5.74, 6) is 0.679. The van der Waals surface area contributed by atoms with E-state index < -0.39 is 60.3 Å². The Morgan fingerprint density at radius 3 is 0.949 bits per heavy atom. The number of nitrogens with zero attached hydrogens (tertiary/aromatic N) is 5. The van der Waals surface area contributed by atoms with Crippen LogP contribution in [0, 0.1) is 11.8 Å². The van der Waals surface area contributed by atoms with Crippen molar-refractivity contribution in [2.24, 2.45) is 52.0 Å². The van der Waals surface area contributed by atoms with Gasteiger partial charge in [-0.3, -0.25) is 38.4 Å². The van der Waals surface area contributed by atoms with Crippen LogP contribution in [-0.2, 0) is 78.8 Å². The molecule has 38 heteroatoms. The van der Waals surface area contributed by atoms with Crippen molar-refractivity contribution in [3.8, 4) is 5.75 Å². The minimum Gasteiger partial charge on any atom is -0.508 e. The van der Waals surface area contributed by atoms with Crippen molar-refractivity contribution >= 4 is 77.3 Å². The molecule has 11 amide bonds. The number of carbonyl (C=O) groups is 11. The molecule has 0 aromatic heterocycles. The molecule has 0 aliphatic carbocycles. The monoisotopic (exact) mass is 1970 g/mol. The zero-order chi connectivity index (χ0) is 102. The molecule has 4 rings (SSSR count). The van der Waals surface area contributed by atoms with Gasteiger partial charge in [0.15, 0.2) is 0 Å². The highest BCUT2D eigenvalue weighted by molar-refractivity contribution is 7.98. The number of amides is 11. The van der Waals surface area contributed by atoms with E-state index in [2.05, 4.69) is 95.6 Å². The minimum atomic E-state index is -0.792. The van der Waals surface area contributed by atoms with Gasteiger partial charge in [-0.1, -0.05) is 146 Å². The number of primary amides is 1. The van der Waals surface area contributed by atoms with E-state index in [1.807, 2.05) is 178 Å². The van der Waals surface area contributed by atoms with Gasteiger partial charge < -0.3 is 137 Å². The number of ether oxygens (including phenoxy) is 3. The van der Waals surface area contributed by atoms with Crippen molar-refractivity contribution in [2.45, 2.75) is 239 Å². The highest BCUT2D eigenvalue weighted by atomic mass is 32.2. The molecule has 0 spiro atoms. The lowest BCUT2D eigenvalue weighted by molar-refractivity contribution is -0.129. The maximum absolute atomic E-state index is 12.9. The Hall–Kier alpha value is -9.84. The Balaban J connectivity index is -0.000000829. The zero-order valence-electron chi connectivity index (χ0n) is 84.6. The molecule has 4 aromatic carbocycles. The fraction of sp³-hybridized carbons (Fsp3) is 0.650. The summed E-state index contributed by atoms with van der Waals surface area (Å²) in [6, 6.07) is 31.2. The number of unbranched alkanes of at least 4 members (excludes halogenated alkanes) is 3. The van der Waals surface area contributed by atoms with Crippen LogP contribution in [0.15, 0.2) is 115 Å². The minimum absolute atomic E-state index is 0. The Bertz CT molecular complexity index is 3760. The summed E-state index contributed by atoms with van der Waals surface area (Å²) in [6.07, 6.45) is 14.9. The number of nitrogens with one attached hydrogen (secondary N) is 10. The third kappa shape index (κ3) is 83.2. The van der Waals surface area contributed by atoms with E-state index in [1.54, 1.807) is 36.0 Å². The average molecular weight is 1970 g/mol. The number of nitrogens with two attached hydrogens (primary N) is 7. The molecule has 0 aliphatic rings. The number of phenols is 1. The van der Waals surface area contributed by atoms with E-state index in [0.717, 1.165) is 131 Å². The standard InChI is InChI=1S/C33H50N6O6.C19H32N4O3.C15H24N2O2.C11H25N3O.C10H22N4O2.C10H23N3OS.2CH4/c1-39(2)23-13-22-35-31(41)29(19-10-12-21-37-33(43)45-25-27-16-7-4-8-17-27)38-30(40)28(34)18-9-11-20-36-32(42)44-24-26-14-5-3-6-15-26;1-23(2)14-8-13-21-18(24)17(20)11-6-7-12-22-19(25)26-15-16-9-4-3-5-10-16;1-11(2)4-3-9-17-15(19)14(16)10-12-5-7-13(18)8-6-12;1-9(2)8-10(12)11(15)13-6-5-7-14(3)4;1-14(2)7-3-6-13-10(16)8(11)4-5-9(12)15;1-13(2)7-4-6-12-10(14)9(11)5-8-15-3;;/h3-8,14-17,28-29H,9-13,18-25,34H2,1-2H3,(H,35,41)(H,36,42)(H,37,43)(H,38,40);3-5,9-10,17H,6-8,11-15,20H2,1-2H3,(H,21,24)(H,22,25);5-8,11,14,18H,3-4,9-10,16H2,1-2H3,(H,17,19);9-10H,5-8,12H2,1-4H3,(H,13,15);8H,3-7,11H2,1-2H3,(H2,12,15)(H,13,16);9H,4-8,11H2,1-3H3,(H,12,14);2*1H4. The second kappa shape index (κ2) is 87.4. The van der Waals surface area contributed by atoms with Crippen LogP contribution >= 0.6 is 11.8 Å². The smallest absolute Gasteiger partial charge is 0.407 e. The number of hydrogen-bond acceptors (Lipinski definition) is 27. The lowest BCUT2D eigenvalue weighted by Crippen LogP contribution is -2.51. The topological polar surface area (TPSA) is 554 Å². The lowest BCUT2D eigenvalue weighted by atomic mass is 10.0. The average Bonchev–Trinajstić information content (AvgIpc) is 0.900. The van der Waals surface area contributed by atoms with Crippen molar-refractivity contribution < 1.29 is 72.1 Å². The van der Waals surface area contributed by atoms with Crippen LogP contribution in [0.4, 0.5) is 14.4 Å². The van der Waals surface area contributed by atoms with E-state index in [0.29, 0.717) is 129 Å². The molecule has 25 N–H and O–H groups in total. The van der Waals surface area contributed by atoms with E-state index in [4.69, 9.17) is 54.3 Å². The molecule has 138 heavy (non-hydrogen) atoms. The summed E-state index contributed by atoms with van der Waals surface area (Å²) in [5, 5.41) is 37.1. The van der Waals surface area contributed by atoms with Gasteiger partial charge in [0.25, 0.3) is 0 Å². The van der Waals surface area contributed by atoms with Crippen LogP contribution in [0.3, 0.4) is 0 Å². The first kappa shape index (κ1) is 134. The first-order valence-electron chi connectivity index (χ1n) is 47.8. The molecule has 7 atom stereocenters. The van der Waals surface area contributed by atoms with Crippen molar-refractivity contribution in [3.63, 3.8) is 0 Å². The van der Waals surface area contributed by atoms with Gasteiger partial charge >= 0.3 is 18.3 Å². The zero-order valence-corrected chi connectivity index (χ0v) is 85.4. The molecule has 0 saturated carbocycles. The summed E-state index contributed by atoms with van der Waals surface area (Å²) in [7, 11) is 20.0. The van der Waals surface area contributed by atoms with Crippen LogP contribution < -0.4 is 93.3 Å². The Kier molecular flexibility index (Phi) is 85.2. The van der Waals surface area contributed by atoms with Gasteiger partial charge in [-0.25, -0.2) is 14.4 Å². The Morgan fingerprint density at radius 1 is 0.326 bits per heavy atom. The number of carbonyl (C=O) groups excluding carboxylic acids is 11. The molecule has 0 radical (unpaired) electrons. The van der Waals surface area contributed by atoms with Crippen LogP contribution in [0.5, 0.6) is 5.75 Å². The molecule has 0 bridgehead atoms. The fourth-order valence-electron chi connectivity index (χ4n) is 12.1. The van der Waals surface area contributed by atoms with E-state index in [1.165, 1.54) is 0 Å². The first-order valence-corrected chi connectivity index (χ1v) is 49.2. The van der Waals surface area contributed by atoms with Crippen LogP contribution in [-0.4, -0.2) is 312 Å². The van der Waals surface area contributed by atoms with Crippen molar-refractivity contribution in [1.82, 2.24) is 77.7 Å². The predicted molar refractivity (Wildman–Crippen MR) is 559 cm³/mol. The van der Waals surface area contributed by atoms with E-state index >= 15 is 0 Å². The summed E-state index contributed by atoms with van der Waals surface area (Å²) < 4.78 is 15.5. The Morgan fingerprint density at radius 2 is 0.623 bits per heavy atom. The van der Waals surface area contributed by atoms with Crippen molar-refractivity contribution in [2.75, 3.05) is 174 Å². The quantitative estimate of drug-likeness (QED) is 0.0159. The molecule has 0 saturated heterocycles. The molecular formula is C100H184N22O15S. The molecule has 0 heterocycles. The Labute approximate surface area is 831 Å². The summed E-state index contributed by atoms with van der Waals surface area (Å²) >= 11 is 1.71. The summed E-state index contributed by atoms with van der Waals surface area (Å²) in [5.41, 5.74) is 43.6. The van der Waals surface area contributed by atoms with Gasteiger partial charge in [0.2, 0.25) is 47.3 Å². The van der Waals surface area contributed by atoms with Gasteiger partial charge in [0.1, 0.15) is 31.6 Å². The molecular weight excluding hydrogens is 1780 g/mol. The molecule has 0 fully saturated rings. The number of hydrogen-bond donors (Lipinski definition) is 18. The van der Waals surface area contributed by atoms with Crippen molar-refractivity contribution in [1.29, 1.82) is 0 Å². The SMILES string of the molecule is C.C.CC(C)CC(N)C(=O)NCCCN(C)C.CC(C)CCCNC(=O)C(N)Cc1ccc(O)cc1.CN(C)CCCNC(=O)C(CCCCNC(=O)OCc1ccccc1)NC(=O)C(N)CCCCNC(=O)OCc1ccccc1.CN(C)CCCNC(=O)C(N)CCC(N)=O.CN(C)CCCNC(=O)C(N)CCCCNC(=O)OCc1ccccc1.CSCCC(N)C(=O)NCCCN(C)C. The van der Waals surface area contributed by atoms with Gasteiger partial charge in [0.05, 0.1) is 36.3 Å². The molecule has 4 aromatic rings. The predicted octanol–water partition coefficient (Wildman–Crippen LogP) is 6.83. The molecule has 7 unspecified atom stereocenters. The maximum atomic E-state index is 12.9. The lowest BCUT2D eigenvalue weighted by Gasteiger charge is -2.21. The van der Waals surface area contributed by atoms with E-state index in [9.17, 15) is 57.8 Å². The number of rotatable bonds is 63. The van der Waals surface area contributed by atoms with Crippen molar-refractivity contribution in [3.05, 3.63) is 138 Å². The van der Waals surface area contributed by atoms with Gasteiger partial charge in [0, 0.05) is 65.3 Å². The maximum Gasteiger partial charge on any atom is 0.407 e. The van der Waals surface area contributed by atoms with E-state index in [-0.39, 0.29) is 94.4 Å². The number of alkyl carbamates (subject to hydrolysis) is 3. The molecule has 790 valence electrons. The van der Waals surface area contributed by atoms with Gasteiger partial charge in [-0.2, -0.15) is 11.8 Å². The second-order valence-electron chi connectivity index (χ2n) is 35.5. The van der Waals surface area contributed by atoms with Gasteiger partial charge in [-0.15, -0.1) is 0 Å². The number of phenolic OH excluding ortho intramolecular Hbond substituents is 1. The second-order valence-corrected chi connectivity index (χ2v) is 36.5. The number of benzene rings is 4. The third-order valence-corrected chi connectivity index (χ3v) is 20.7. The molecule has 0 aliphatic heterocycles. The summed E-state index contributed by atoms with van der Waals surface area (Å²) in [4.78, 5) is 140. The highest BCUT2D eigenvalue weighted by Gasteiger charge is 2.25. The first-order chi connectivity index (χ1) is 64.6. The summed E-state index contributed by atoms with van der Waals surface area (Å²) in [6.45, 7) is 18.9. The normalized spacial score (nSPS) is 12.2.